The second-order valence-corrected chi connectivity index (χ2v) is 4.77. The van der Waals surface area contributed by atoms with Crippen LogP contribution in [-0.2, 0) is 4.74 Å². The van der Waals surface area contributed by atoms with Gasteiger partial charge in [-0.2, -0.15) is 5.26 Å². The second-order valence-electron chi connectivity index (χ2n) is 4.77. The Bertz CT molecular complexity index is 480. The molecule has 4 nitrogen and oxygen atoms in total. The van der Waals surface area contributed by atoms with Crippen molar-refractivity contribution in [3.05, 3.63) is 23.8 Å². The quantitative estimate of drug-likeness (QED) is 0.759. The second kappa shape index (κ2) is 3.94. The van der Waals surface area contributed by atoms with E-state index in [9.17, 15) is 0 Å². The number of nitrogen functional groups attached to an aromatic ring is 1. The molecule has 88 valence electrons. The first-order valence-electron chi connectivity index (χ1n) is 5.98. The van der Waals surface area contributed by atoms with Gasteiger partial charge in [0.05, 0.1) is 29.5 Å². The van der Waals surface area contributed by atoms with Crippen molar-refractivity contribution in [1.29, 1.82) is 5.26 Å². The molecule has 0 aromatic heterocycles. The van der Waals surface area contributed by atoms with Crippen LogP contribution in [0, 0.1) is 11.3 Å². The minimum absolute atomic E-state index is 0.344. The van der Waals surface area contributed by atoms with Crippen molar-refractivity contribution in [2.45, 2.75) is 37.5 Å². The van der Waals surface area contributed by atoms with Gasteiger partial charge in [-0.05, 0) is 37.5 Å². The van der Waals surface area contributed by atoms with Crippen LogP contribution >= 0.6 is 0 Å². The maximum absolute atomic E-state index is 8.81. The first-order valence-corrected chi connectivity index (χ1v) is 5.98. The largest absolute Gasteiger partial charge is 0.398 e. The fourth-order valence-corrected chi connectivity index (χ4v) is 2.76. The molecule has 17 heavy (non-hydrogen) atoms. The summed E-state index contributed by atoms with van der Waals surface area (Å²) in [5.74, 6) is 0. The van der Waals surface area contributed by atoms with Gasteiger partial charge in [0.1, 0.15) is 6.07 Å². The minimum Gasteiger partial charge on any atom is -0.398 e. The molecular formula is C13H15N3O. The van der Waals surface area contributed by atoms with Gasteiger partial charge in [0.15, 0.2) is 0 Å². The lowest BCUT2D eigenvalue weighted by Gasteiger charge is -2.21. The summed E-state index contributed by atoms with van der Waals surface area (Å²) in [6.45, 7) is 0. The van der Waals surface area contributed by atoms with Gasteiger partial charge >= 0.3 is 0 Å². The molecule has 2 aliphatic rings. The summed E-state index contributed by atoms with van der Waals surface area (Å²) in [6, 6.07) is 7.94. The van der Waals surface area contributed by atoms with Crippen molar-refractivity contribution in [3.63, 3.8) is 0 Å². The number of nitrogens with two attached hydrogens (primary N) is 1. The van der Waals surface area contributed by atoms with Gasteiger partial charge in [0.2, 0.25) is 0 Å². The van der Waals surface area contributed by atoms with Gasteiger partial charge in [-0.25, -0.2) is 0 Å². The van der Waals surface area contributed by atoms with Crippen LogP contribution in [0.15, 0.2) is 18.2 Å². The van der Waals surface area contributed by atoms with E-state index in [4.69, 9.17) is 15.7 Å². The fraction of sp³-hybridized carbons (Fsp3) is 0.462. The third-order valence-electron chi connectivity index (χ3n) is 3.63. The van der Waals surface area contributed by atoms with Crippen LogP contribution in [-0.4, -0.2) is 18.2 Å². The van der Waals surface area contributed by atoms with Crippen LogP contribution in [0.1, 0.15) is 24.8 Å². The zero-order valence-electron chi connectivity index (χ0n) is 9.52. The van der Waals surface area contributed by atoms with Gasteiger partial charge in [-0.1, -0.05) is 0 Å². The molecular weight excluding hydrogens is 214 g/mol. The molecule has 2 heterocycles. The highest BCUT2D eigenvalue weighted by atomic mass is 16.5. The van der Waals surface area contributed by atoms with Crippen molar-refractivity contribution in [1.82, 2.24) is 0 Å². The Morgan fingerprint density at radius 2 is 2.29 bits per heavy atom. The van der Waals surface area contributed by atoms with Crippen LogP contribution < -0.4 is 11.1 Å². The smallest absolute Gasteiger partial charge is 0.101 e. The zero-order valence-corrected chi connectivity index (χ0v) is 9.52. The monoisotopic (exact) mass is 229 g/mol. The lowest BCUT2D eigenvalue weighted by molar-refractivity contribution is 0.102. The molecule has 3 rings (SSSR count). The number of hydrogen-bond donors (Lipinski definition) is 2. The number of fused-ring (bicyclic) bond motifs is 2. The number of nitriles is 1. The third-order valence-corrected chi connectivity index (χ3v) is 3.63. The van der Waals surface area contributed by atoms with Crippen LogP contribution in [0.25, 0.3) is 0 Å². The minimum atomic E-state index is 0.344. The molecule has 0 aliphatic carbocycles. The Kier molecular flexibility index (Phi) is 2.41. The van der Waals surface area contributed by atoms with E-state index < -0.39 is 0 Å². The van der Waals surface area contributed by atoms with Crippen molar-refractivity contribution in [3.8, 4) is 6.07 Å². The van der Waals surface area contributed by atoms with Crippen molar-refractivity contribution < 1.29 is 4.74 Å². The molecule has 2 bridgehead atoms. The number of nitrogens with one attached hydrogen (secondary N) is 1. The molecule has 0 amide bonds. The lowest BCUT2D eigenvalue weighted by Crippen LogP contribution is -2.30. The van der Waals surface area contributed by atoms with E-state index >= 15 is 0 Å². The van der Waals surface area contributed by atoms with E-state index in [1.807, 2.05) is 12.1 Å². The summed E-state index contributed by atoms with van der Waals surface area (Å²) >= 11 is 0. The fourth-order valence-electron chi connectivity index (χ4n) is 2.76. The number of benzene rings is 1. The molecule has 4 heteroatoms. The van der Waals surface area contributed by atoms with Crippen molar-refractivity contribution >= 4 is 11.4 Å². The predicted molar refractivity (Wildman–Crippen MR) is 65.5 cm³/mol. The van der Waals surface area contributed by atoms with Gasteiger partial charge in [0.25, 0.3) is 0 Å². The van der Waals surface area contributed by atoms with Gasteiger partial charge < -0.3 is 15.8 Å². The molecule has 2 aliphatic heterocycles. The molecule has 3 unspecified atom stereocenters. The maximum atomic E-state index is 8.81. The summed E-state index contributed by atoms with van der Waals surface area (Å²) in [7, 11) is 0. The Morgan fingerprint density at radius 3 is 2.88 bits per heavy atom. The SMILES string of the molecule is N#Cc1ccc(NC2CC3CCC2O3)cc1N. The number of hydrogen-bond acceptors (Lipinski definition) is 4. The molecule has 0 spiro atoms. The lowest BCUT2D eigenvalue weighted by atomic mass is 9.95. The summed E-state index contributed by atoms with van der Waals surface area (Å²) in [5, 5.41) is 12.3. The highest BCUT2D eigenvalue weighted by Gasteiger charge is 2.40. The molecule has 0 saturated carbocycles. The molecule has 2 fully saturated rings. The highest BCUT2D eigenvalue weighted by Crippen LogP contribution is 2.36. The molecule has 1 aromatic rings. The summed E-state index contributed by atoms with van der Waals surface area (Å²) < 4.78 is 5.79. The van der Waals surface area contributed by atoms with E-state index in [1.54, 1.807) is 6.07 Å². The van der Waals surface area contributed by atoms with Crippen LogP contribution in [0.2, 0.25) is 0 Å². The first kappa shape index (κ1) is 10.4. The van der Waals surface area contributed by atoms with E-state index in [1.165, 1.54) is 6.42 Å². The van der Waals surface area contributed by atoms with E-state index in [-0.39, 0.29) is 0 Å². The maximum Gasteiger partial charge on any atom is 0.101 e. The van der Waals surface area contributed by atoms with E-state index in [0.717, 1.165) is 18.5 Å². The van der Waals surface area contributed by atoms with Crippen molar-refractivity contribution in [2.24, 2.45) is 0 Å². The van der Waals surface area contributed by atoms with Crippen molar-refractivity contribution in [2.75, 3.05) is 11.1 Å². The number of ether oxygens (including phenoxy) is 1. The number of anilines is 2. The standard InChI is InChI=1S/C13H15N3O/c14-7-8-1-2-9(5-11(8)15)16-12-6-10-3-4-13(12)17-10/h1-2,5,10,12-13,16H,3-4,6,15H2. The Morgan fingerprint density at radius 1 is 1.41 bits per heavy atom. The number of nitrogens with zero attached hydrogens (tertiary/aromatic N) is 1. The average molecular weight is 229 g/mol. The summed E-state index contributed by atoms with van der Waals surface area (Å²) in [5.41, 5.74) is 7.82. The van der Waals surface area contributed by atoms with E-state index in [2.05, 4.69) is 11.4 Å². The molecule has 1 aromatic carbocycles. The third kappa shape index (κ3) is 1.83. The normalized spacial score (nSPS) is 30.2. The highest BCUT2D eigenvalue weighted by molar-refractivity contribution is 5.63. The molecule has 0 radical (unpaired) electrons. The zero-order chi connectivity index (χ0) is 11.8. The van der Waals surface area contributed by atoms with E-state index in [0.29, 0.717) is 29.5 Å². The Hall–Kier alpha value is -1.73. The molecule has 2 saturated heterocycles. The molecule has 3 N–H and O–H groups in total. The Labute approximate surface area is 100 Å². The topological polar surface area (TPSA) is 71.1 Å². The van der Waals surface area contributed by atoms with Gasteiger partial charge in [-0.15, -0.1) is 0 Å². The summed E-state index contributed by atoms with van der Waals surface area (Å²) in [6.07, 6.45) is 4.20. The molecule has 3 atom stereocenters. The van der Waals surface area contributed by atoms with Crippen LogP contribution in [0.4, 0.5) is 11.4 Å². The predicted octanol–water partition coefficient (Wildman–Crippen LogP) is 1.87. The number of rotatable bonds is 2. The summed E-state index contributed by atoms with van der Waals surface area (Å²) in [4.78, 5) is 0. The first-order chi connectivity index (χ1) is 8.26. The van der Waals surface area contributed by atoms with Gasteiger partial charge in [-0.3, -0.25) is 0 Å². The Balaban J connectivity index is 1.74. The van der Waals surface area contributed by atoms with Gasteiger partial charge in [0, 0.05) is 5.69 Å². The van der Waals surface area contributed by atoms with Crippen LogP contribution in [0.3, 0.4) is 0 Å². The average Bonchev–Trinajstić information content (AvgIpc) is 2.91. The van der Waals surface area contributed by atoms with Crippen LogP contribution in [0.5, 0.6) is 0 Å².